The van der Waals surface area contributed by atoms with Crippen molar-refractivity contribution in [2.75, 3.05) is 0 Å². The van der Waals surface area contributed by atoms with E-state index in [1.165, 1.54) is 6.20 Å². The summed E-state index contributed by atoms with van der Waals surface area (Å²) < 4.78 is 0. The van der Waals surface area contributed by atoms with Gasteiger partial charge in [0, 0.05) is 23.7 Å². The highest BCUT2D eigenvalue weighted by molar-refractivity contribution is 6.07. The highest BCUT2D eigenvalue weighted by Crippen LogP contribution is 2.07. The van der Waals surface area contributed by atoms with Gasteiger partial charge < -0.3 is 9.97 Å². The van der Waals surface area contributed by atoms with Crippen LogP contribution in [0.3, 0.4) is 0 Å². The van der Waals surface area contributed by atoms with Crippen LogP contribution in [0, 0.1) is 0 Å². The van der Waals surface area contributed by atoms with Crippen LogP contribution in [0.1, 0.15) is 28.7 Å². The number of H-pyrrole nitrogens is 2. The van der Waals surface area contributed by atoms with Gasteiger partial charge in [-0.1, -0.05) is 6.92 Å². The van der Waals surface area contributed by atoms with Crippen molar-refractivity contribution in [1.29, 1.82) is 0 Å². The standard InChI is InChI=1S/C11H11N3O2/c1-2-8-5-7(3-4-12-8)10(15)9-6-13-11(16)14-9/h3-6H,2H2,1H3,(H2,13,14,16). The van der Waals surface area contributed by atoms with Crippen molar-refractivity contribution < 1.29 is 4.79 Å². The Balaban J connectivity index is 2.37. The van der Waals surface area contributed by atoms with Gasteiger partial charge in [0.1, 0.15) is 5.69 Å². The summed E-state index contributed by atoms with van der Waals surface area (Å²) in [6.45, 7) is 1.97. The zero-order valence-electron chi connectivity index (χ0n) is 8.78. The molecule has 0 fully saturated rings. The predicted octanol–water partition coefficient (Wildman–Crippen LogP) is 0.891. The second-order valence-corrected chi connectivity index (χ2v) is 3.38. The Kier molecular flexibility index (Phi) is 2.68. The molecular weight excluding hydrogens is 206 g/mol. The SMILES string of the molecule is CCc1cc(C(=O)c2c[nH]c(=O)[nH]2)ccn1. The highest BCUT2D eigenvalue weighted by Gasteiger charge is 2.11. The number of aromatic nitrogens is 3. The Bertz CT molecular complexity index is 568. The molecule has 5 nitrogen and oxygen atoms in total. The van der Waals surface area contributed by atoms with Crippen LogP contribution >= 0.6 is 0 Å². The molecule has 0 unspecified atom stereocenters. The number of aryl methyl sites for hydroxylation is 1. The van der Waals surface area contributed by atoms with Gasteiger partial charge in [0.05, 0.1) is 0 Å². The zero-order chi connectivity index (χ0) is 11.5. The summed E-state index contributed by atoms with van der Waals surface area (Å²) in [6.07, 6.45) is 3.73. The third kappa shape index (κ3) is 1.93. The molecule has 0 atom stereocenters. The van der Waals surface area contributed by atoms with E-state index in [2.05, 4.69) is 15.0 Å². The first-order valence-electron chi connectivity index (χ1n) is 4.98. The van der Waals surface area contributed by atoms with Crippen molar-refractivity contribution >= 4 is 5.78 Å². The van der Waals surface area contributed by atoms with Crippen LogP contribution in [0.5, 0.6) is 0 Å². The Morgan fingerprint density at radius 2 is 2.31 bits per heavy atom. The number of carbonyl (C=O) groups is 1. The molecule has 0 amide bonds. The smallest absolute Gasteiger partial charge is 0.312 e. The Hall–Kier alpha value is -2.17. The van der Waals surface area contributed by atoms with Gasteiger partial charge in [0.15, 0.2) is 0 Å². The van der Waals surface area contributed by atoms with E-state index in [0.29, 0.717) is 5.56 Å². The van der Waals surface area contributed by atoms with Crippen LogP contribution in [0.4, 0.5) is 0 Å². The van der Waals surface area contributed by atoms with Gasteiger partial charge in [0.25, 0.3) is 0 Å². The molecule has 0 aliphatic carbocycles. The lowest BCUT2D eigenvalue weighted by Gasteiger charge is -2.00. The van der Waals surface area contributed by atoms with E-state index in [4.69, 9.17) is 0 Å². The fraction of sp³-hybridized carbons (Fsp3) is 0.182. The van der Waals surface area contributed by atoms with Crippen molar-refractivity contribution in [1.82, 2.24) is 15.0 Å². The van der Waals surface area contributed by atoms with Crippen LogP contribution in [0.2, 0.25) is 0 Å². The number of hydrogen-bond acceptors (Lipinski definition) is 3. The molecule has 0 aliphatic heterocycles. The lowest BCUT2D eigenvalue weighted by Crippen LogP contribution is -2.07. The maximum Gasteiger partial charge on any atom is 0.323 e. The molecule has 82 valence electrons. The summed E-state index contributed by atoms with van der Waals surface area (Å²) in [4.78, 5) is 31.7. The van der Waals surface area contributed by atoms with Crippen LogP contribution in [-0.2, 0) is 6.42 Å². The summed E-state index contributed by atoms with van der Waals surface area (Å²) in [7, 11) is 0. The molecule has 2 N–H and O–H groups in total. The van der Waals surface area contributed by atoms with Crippen LogP contribution in [-0.4, -0.2) is 20.7 Å². The Morgan fingerprint density at radius 1 is 1.50 bits per heavy atom. The van der Waals surface area contributed by atoms with Crippen LogP contribution in [0.15, 0.2) is 29.3 Å². The molecule has 2 aromatic heterocycles. The van der Waals surface area contributed by atoms with Crippen molar-refractivity contribution in [3.05, 3.63) is 52.0 Å². The van der Waals surface area contributed by atoms with Gasteiger partial charge in [-0.15, -0.1) is 0 Å². The molecule has 2 aromatic rings. The van der Waals surface area contributed by atoms with E-state index < -0.39 is 0 Å². The minimum Gasteiger partial charge on any atom is -0.312 e. The third-order valence-corrected chi connectivity index (χ3v) is 2.28. The van der Waals surface area contributed by atoms with Crippen molar-refractivity contribution in [2.45, 2.75) is 13.3 Å². The van der Waals surface area contributed by atoms with Gasteiger partial charge >= 0.3 is 5.69 Å². The number of carbonyl (C=O) groups excluding carboxylic acids is 1. The number of aromatic amines is 2. The number of rotatable bonds is 3. The average molecular weight is 217 g/mol. The molecule has 5 heteroatoms. The minimum absolute atomic E-state index is 0.213. The maximum absolute atomic E-state index is 11.9. The molecule has 0 radical (unpaired) electrons. The topological polar surface area (TPSA) is 78.6 Å². The first-order chi connectivity index (χ1) is 7.70. The van der Waals surface area contributed by atoms with E-state index in [9.17, 15) is 9.59 Å². The Labute approximate surface area is 91.6 Å². The molecule has 0 bridgehead atoms. The predicted molar refractivity (Wildman–Crippen MR) is 58.5 cm³/mol. The van der Waals surface area contributed by atoms with Gasteiger partial charge in [-0.25, -0.2) is 4.79 Å². The molecule has 0 aromatic carbocycles. The molecule has 0 saturated carbocycles. The monoisotopic (exact) mass is 217 g/mol. The molecule has 0 aliphatic rings. The van der Waals surface area contributed by atoms with Gasteiger partial charge in [-0.05, 0) is 18.6 Å². The number of ketones is 1. The molecule has 16 heavy (non-hydrogen) atoms. The average Bonchev–Trinajstić information content (AvgIpc) is 2.75. The summed E-state index contributed by atoms with van der Waals surface area (Å²) in [5.74, 6) is -0.213. The lowest BCUT2D eigenvalue weighted by molar-refractivity contribution is 0.103. The second kappa shape index (κ2) is 4.14. The quantitative estimate of drug-likeness (QED) is 0.749. The lowest BCUT2D eigenvalue weighted by atomic mass is 10.1. The van der Waals surface area contributed by atoms with E-state index in [1.54, 1.807) is 18.3 Å². The molecule has 0 saturated heterocycles. The third-order valence-electron chi connectivity index (χ3n) is 2.28. The van der Waals surface area contributed by atoms with Gasteiger partial charge in [-0.3, -0.25) is 9.78 Å². The number of pyridine rings is 1. The molecule has 2 rings (SSSR count). The van der Waals surface area contributed by atoms with Crippen molar-refractivity contribution in [3.8, 4) is 0 Å². The van der Waals surface area contributed by atoms with Gasteiger partial charge in [0.2, 0.25) is 5.78 Å². The highest BCUT2D eigenvalue weighted by atomic mass is 16.1. The molecule has 2 heterocycles. The van der Waals surface area contributed by atoms with Crippen molar-refractivity contribution in [3.63, 3.8) is 0 Å². The first kappa shape index (κ1) is 10.4. The van der Waals surface area contributed by atoms with E-state index in [0.717, 1.165) is 12.1 Å². The fourth-order valence-electron chi connectivity index (χ4n) is 1.42. The second-order valence-electron chi connectivity index (χ2n) is 3.38. The normalized spacial score (nSPS) is 10.3. The first-order valence-corrected chi connectivity index (χ1v) is 4.98. The number of nitrogens with zero attached hydrogens (tertiary/aromatic N) is 1. The van der Waals surface area contributed by atoms with Crippen LogP contribution in [0.25, 0.3) is 0 Å². The number of imidazole rings is 1. The van der Waals surface area contributed by atoms with E-state index in [1.807, 2.05) is 6.92 Å². The fourth-order valence-corrected chi connectivity index (χ4v) is 1.42. The van der Waals surface area contributed by atoms with Gasteiger partial charge in [-0.2, -0.15) is 0 Å². The number of nitrogens with one attached hydrogen (secondary N) is 2. The zero-order valence-corrected chi connectivity index (χ0v) is 8.78. The van der Waals surface area contributed by atoms with E-state index >= 15 is 0 Å². The maximum atomic E-state index is 11.9. The summed E-state index contributed by atoms with van der Waals surface area (Å²) in [5, 5.41) is 0. The summed E-state index contributed by atoms with van der Waals surface area (Å²) in [5.41, 5.74) is 1.26. The molecular formula is C11H11N3O2. The minimum atomic E-state index is -0.381. The van der Waals surface area contributed by atoms with Crippen LogP contribution < -0.4 is 5.69 Å². The molecule has 0 spiro atoms. The van der Waals surface area contributed by atoms with Crippen molar-refractivity contribution in [2.24, 2.45) is 0 Å². The largest absolute Gasteiger partial charge is 0.323 e. The number of hydrogen-bond donors (Lipinski definition) is 2. The van der Waals surface area contributed by atoms with E-state index in [-0.39, 0.29) is 17.2 Å². The summed E-state index contributed by atoms with van der Waals surface area (Å²) >= 11 is 0. The summed E-state index contributed by atoms with van der Waals surface area (Å²) in [6, 6.07) is 3.36. The Morgan fingerprint density at radius 3 is 2.94 bits per heavy atom.